The second-order valence-electron chi connectivity index (χ2n) is 19.0. The Labute approximate surface area is 367 Å². The highest BCUT2D eigenvalue weighted by molar-refractivity contribution is 5.78. The molecule has 0 aromatic carbocycles. The molecule has 2 bridgehead atoms. The van der Waals surface area contributed by atoms with Gasteiger partial charge in [-0.05, 0) is 62.8 Å². The molecule has 62 heavy (non-hydrogen) atoms. The molecule has 4 fully saturated rings. The lowest BCUT2D eigenvalue weighted by Gasteiger charge is -2.48. The Hall–Kier alpha value is -2.31. The van der Waals surface area contributed by atoms with Gasteiger partial charge >= 0.3 is 5.97 Å². The van der Waals surface area contributed by atoms with Gasteiger partial charge in [0.05, 0.1) is 49.3 Å². The lowest BCUT2D eigenvalue weighted by atomic mass is 9.71. The molecule has 0 amide bonds. The van der Waals surface area contributed by atoms with Crippen LogP contribution in [0, 0.1) is 23.7 Å². The number of ether oxygens (including phenoxy) is 10. The summed E-state index contributed by atoms with van der Waals surface area (Å²) in [5.41, 5.74) is 0.134. The van der Waals surface area contributed by atoms with Crippen molar-refractivity contribution >= 4 is 5.97 Å². The van der Waals surface area contributed by atoms with E-state index in [4.69, 9.17) is 47.4 Å². The monoisotopic (exact) mass is 872 g/mol. The van der Waals surface area contributed by atoms with E-state index in [-0.39, 0.29) is 42.7 Å². The highest BCUT2D eigenvalue weighted by Gasteiger charge is 2.60. The number of methoxy groups -OCH3 is 2. The average molecular weight is 873 g/mol. The van der Waals surface area contributed by atoms with Crippen LogP contribution in [-0.4, -0.2) is 139 Å². The first-order valence-corrected chi connectivity index (χ1v) is 22.9. The number of aliphatic hydroxyl groups is 3. The summed E-state index contributed by atoms with van der Waals surface area (Å²) < 4.78 is 63.7. The normalized spacial score (nSPS) is 49.1. The number of fused-ring (bicyclic) bond motifs is 2. The van der Waals surface area contributed by atoms with E-state index in [0.717, 1.165) is 12.0 Å². The second kappa shape index (κ2) is 19.7. The maximum Gasteiger partial charge on any atom is 0.316 e. The van der Waals surface area contributed by atoms with E-state index in [0.29, 0.717) is 43.3 Å². The number of aliphatic hydroxyl groups excluding tert-OH is 2. The molecule has 0 saturated carbocycles. The van der Waals surface area contributed by atoms with Gasteiger partial charge in [0.2, 0.25) is 0 Å². The number of rotatable bonds is 8. The zero-order valence-electron chi connectivity index (χ0n) is 38.2. The first-order chi connectivity index (χ1) is 29.5. The molecule has 3 N–H and O–H groups in total. The summed E-state index contributed by atoms with van der Waals surface area (Å²) in [5, 5.41) is 34.2. The molecule has 14 nitrogen and oxygen atoms in total. The molecule has 4 saturated heterocycles. The predicted molar refractivity (Wildman–Crippen MR) is 227 cm³/mol. The van der Waals surface area contributed by atoms with Crippen molar-refractivity contribution in [3.8, 4) is 0 Å². The molecule has 6 aliphatic heterocycles. The summed E-state index contributed by atoms with van der Waals surface area (Å²) in [6.07, 6.45) is 8.55. The standard InChI is InChI=1S/C48H72O14/c1-11-25(2)43-28(5)17-18-47(62-43)23-34-20-33(61-47)16-15-27(4)42(26(3)13-12-14-32-24-55-45-40(49)29(6)19-35(46(51)58-34)48(32,45)52)59-39-22-37(54-10)44(31(8)57-39)60-38-21-36(53-9)41(50)30(7)56-38/h12-15,17-19,25-26,28,30-31,33-45,49-50,52H,11,16,20-24H2,1-10H3/b13-12+,27-15+,32-14+/t25-,26-,28-,30-,31-,33+,34-,35-,36?,37?,38-,39-,40+,41-,42-,43+,44-,45+,47+,48+/m0/s1. The molecule has 1 spiro atoms. The van der Waals surface area contributed by atoms with Crippen molar-refractivity contribution < 1.29 is 67.5 Å². The topological polar surface area (TPSA) is 170 Å². The van der Waals surface area contributed by atoms with Crippen molar-refractivity contribution in [2.45, 2.75) is 191 Å². The zero-order valence-corrected chi connectivity index (χ0v) is 38.2. The quantitative estimate of drug-likeness (QED) is 0.210. The third-order valence-corrected chi connectivity index (χ3v) is 14.5. The molecule has 7 rings (SSSR count). The first-order valence-electron chi connectivity index (χ1n) is 22.9. The third-order valence-electron chi connectivity index (χ3n) is 14.5. The molecular weight excluding hydrogens is 801 g/mol. The molecule has 348 valence electrons. The highest BCUT2D eigenvalue weighted by Crippen LogP contribution is 2.47. The fourth-order valence-electron chi connectivity index (χ4n) is 10.6. The van der Waals surface area contributed by atoms with Crippen molar-refractivity contribution in [3.63, 3.8) is 0 Å². The maximum absolute atomic E-state index is 14.3. The minimum atomic E-state index is -1.84. The summed E-state index contributed by atoms with van der Waals surface area (Å²) in [4.78, 5) is 14.3. The zero-order chi connectivity index (χ0) is 44.7. The van der Waals surface area contributed by atoms with Gasteiger partial charge in [-0.1, -0.05) is 70.6 Å². The van der Waals surface area contributed by atoms with E-state index in [1.807, 2.05) is 32.1 Å². The number of carbonyl (C=O) groups excluding carboxylic acids is 1. The van der Waals surface area contributed by atoms with E-state index in [9.17, 15) is 20.1 Å². The van der Waals surface area contributed by atoms with Crippen LogP contribution in [0.4, 0.5) is 0 Å². The van der Waals surface area contributed by atoms with E-state index < -0.39 is 90.8 Å². The maximum atomic E-state index is 14.3. The average Bonchev–Trinajstić information content (AvgIpc) is 3.58. The minimum absolute atomic E-state index is 0.0317. The largest absolute Gasteiger partial charge is 0.462 e. The van der Waals surface area contributed by atoms with Gasteiger partial charge in [-0.2, -0.15) is 0 Å². The second-order valence-corrected chi connectivity index (χ2v) is 19.0. The fourth-order valence-corrected chi connectivity index (χ4v) is 10.6. The van der Waals surface area contributed by atoms with Crippen LogP contribution in [0.5, 0.6) is 0 Å². The van der Waals surface area contributed by atoms with Crippen LogP contribution in [0.15, 0.2) is 59.3 Å². The summed E-state index contributed by atoms with van der Waals surface area (Å²) in [7, 11) is 3.22. The van der Waals surface area contributed by atoms with Crippen LogP contribution in [0.3, 0.4) is 0 Å². The van der Waals surface area contributed by atoms with Gasteiger partial charge in [-0.15, -0.1) is 0 Å². The van der Waals surface area contributed by atoms with Crippen LogP contribution in [-0.2, 0) is 52.2 Å². The SMILES string of the molecule is CC[C@H](C)[C@H]1O[C@]2(C=C[C@@H]1C)C[C@@H]1C[C@@H](C/C=C(\C)[C@@H](O[C@H]3CC(OC)[C@@H](O[C@H]4CC(OC)[C@@H](O)[C@H](C)O4)[C@H](C)O3)[C@@H](C)/C=C/C=C3\CO[C@@H]4[C@H](O)C(C)=C[C@@H](C(=O)O1)[C@]34O)O2. The Balaban J connectivity index is 1.18. The molecule has 0 aromatic heterocycles. The van der Waals surface area contributed by atoms with Gasteiger partial charge in [0.25, 0.3) is 0 Å². The van der Waals surface area contributed by atoms with Gasteiger partial charge < -0.3 is 62.7 Å². The van der Waals surface area contributed by atoms with Crippen LogP contribution in [0.25, 0.3) is 0 Å². The van der Waals surface area contributed by atoms with Crippen LogP contribution >= 0.6 is 0 Å². The summed E-state index contributed by atoms with van der Waals surface area (Å²) in [6, 6.07) is 0. The molecule has 20 atom stereocenters. The fraction of sp³-hybridized carbons (Fsp3) is 0.771. The van der Waals surface area contributed by atoms with Gasteiger partial charge in [-0.3, -0.25) is 4.79 Å². The molecule has 6 heterocycles. The number of hydrogen-bond acceptors (Lipinski definition) is 14. The molecule has 14 heteroatoms. The van der Waals surface area contributed by atoms with Gasteiger partial charge in [0.15, 0.2) is 18.4 Å². The highest BCUT2D eigenvalue weighted by atomic mass is 16.7. The van der Waals surface area contributed by atoms with Crippen molar-refractivity contribution in [1.29, 1.82) is 0 Å². The van der Waals surface area contributed by atoms with Crippen LogP contribution < -0.4 is 0 Å². The van der Waals surface area contributed by atoms with Crippen LogP contribution in [0.2, 0.25) is 0 Å². The Bertz CT molecular complexity index is 1730. The Morgan fingerprint density at radius 1 is 0.887 bits per heavy atom. The Morgan fingerprint density at radius 2 is 1.60 bits per heavy atom. The molecule has 0 radical (unpaired) electrons. The molecule has 0 aromatic rings. The number of esters is 1. The van der Waals surface area contributed by atoms with E-state index in [1.54, 1.807) is 40.2 Å². The van der Waals surface area contributed by atoms with E-state index in [2.05, 4.69) is 39.8 Å². The Morgan fingerprint density at radius 3 is 2.32 bits per heavy atom. The first kappa shape index (κ1) is 47.6. The number of allylic oxidation sites excluding steroid dienone is 2. The molecular formula is C48H72O14. The van der Waals surface area contributed by atoms with Crippen molar-refractivity contribution in [3.05, 3.63) is 59.3 Å². The molecule has 2 unspecified atom stereocenters. The molecule has 7 aliphatic rings. The smallest absolute Gasteiger partial charge is 0.316 e. The van der Waals surface area contributed by atoms with Crippen molar-refractivity contribution in [1.82, 2.24) is 0 Å². The third kappa shape index (κ3) is 9.64. The predicted octanol–water partition coefficient (Wildman–Crippen LogP) is 5.38. The summed E-state index contributed by atoms with van der Waals surface area (Å²) >= 11 is 0. The molecule has 1 aliphatic carbocycles. The van der Waals surface area contributed by atoms with Crippen molar-refractivity contribution in [2.24, 2.45) is 23.7 Å². The van der Waals surface area contributed by atoms with E-state index >= 15 is 0 Å². The summed E-state index contributed by atoms with van der Waals surface area (Å²) in [5.74, 6) is -2.56. The number of carbonyl (C=O) groups is 1. The van der Waals surface area contributed by atoms with E-state index in [1.165, 1.54) is 0 Å². The van der Waals surface area contributed by atoms with Gasteiger partial charge in [-0.25, -0.2) is 0 Å². The van der Waals surface area contributed by atoms with Crippen molar-refractivity contribution in [2.75, 3.05) is 20.8 Å². The van der Waals surface area contributed by atoms with Gasteiger partial charge in [0, 0.05) is 51.7 Å². The number of hydrogen-bond donors (Lipinski definition) is 3. The summed E-state index contributed by atoms with van der Waals surface area (Å²) in [6.45, 7) is 16.1. The lowest BCUT2D eigenvalue weighted by molar-refractivity contribution is -0.318. The lowest BCUT2D eigenvalue weighted by Crippen LogP contribution is -2.58. The van der Waals surface area contributed by atoms with Crippen LogP contribution in [0.1, 0.15) is 93.9 Å². The van der Waals surface area contributed by atoms with Gasteiger partial charge in [0.1, 0.15) is 42.0 Å². The Kier molecular flexibility index (Phi) is 15.1. The minimum Gasteiger partial charge on any atom is -0.462 e.